The molecule has 0 radical (unpaired) electrons. The van der Waals surface area contributed by atoms with Crippen molar-refractivity contribution in [1.82, 2.24) is 4.31 Å². The molecule has 1 aromatic rings. The van der Waals surface area contributed by atoms with Crippen LogP contribution in [0.3, 0.4) is 0 Å². The van der Waals surface area contributed by atoms with Gasteiger partial charge in [-0.1, -0.05) is 6.92 Å². The van der Waals surface area contributed by atoms with E-state index >= 15 is 0 Å². The number of carboxylic acid groups (broad SMARTS) is 1. The number of carbonyl (C=O) groups is 1. The Labute approximate surface area is 124 Å². The number of rotatable bonds is 8. The zero-order valence-electron chi connectivity index (χ0n) is 12.0. The molecular formula is C13H21NO4S2. The molecule has 0 saturated carbocycles. The minimum absolute atomic E-state index is 0.0244. The average molecular weight is 319 g/mol. The molecule has 0 aliphatic heterocycles. The van der Waals surface area contributed by atoms with Crippen molar-refractivity contribution in [1.29, 1.82) is 0 Å². The number of hydrogen-bond donors (Lipinski definition) is 1. The molecule has 7 heteroatoms. The molecule has 0 fully saturated rings. The molecule has 1 aromatic heterocycles. The summed E-state index contributed by atoms with van der Waals surface area (Å²) >= 11 is 1.28. The van der Waals surface area contributed by atoms with Crippen LogP contribution >= 0.6 is 11.3 Å². The SMILES string of the molecule is CCc1ccc(S(=O)(=O)N(CCCC(=O)O)C(C)C)s1. The molecule has 0 aliphatic carbocycles. The Balaban J connectivity index is 2.91. The molecule has 5 nitrogen and oxygen atoms in total. The highest BCUT2D eigenvalue weighted by atomic mass is 32.2. The molecule has 114 valence electrons. The van der Waals surface area contributed by atoms with Gasteiger partial charge in [0.15, 0.2) is 0 Å². The first kappa shape index (κ1) is 17.1. The van der Waals surface area contributed by atoms with Crippen LogP contribution in [0.15, 0.2) is 16.3 Å². The summed E-state index contributed by atoms with van der Waals surface area (Å²) in [6, 6.07) is 3.26. The lowest BCUT2D eigenvalue weighted by atomic mass is 10.3. The Morgan fingerprint density at radius 3 is 2.50 bits per heavy atom. The van der Waals surface area contributed by atoms with Gasteiger partial charge in [-0.05, 0) is 38.8 Å². The van der Waals surface area contributed by atoms with Crippen molar-refractivity contribution in [2.45, 2.75) is 50.3 Å². The van der Waals surface area contributed by atoms with Gasteiger partial charge in [0, 0.05) is 23.9 Å². The Kier molecular flexibility index (Phi) is 6.16. The van der Waals surface area contributed by atoms with E-state index < -0.39 is 16.0 Å². The van der Waals surface area contributed by atoms with Crippen LogP contribution in [0.1, 0.15) is 38.5 Å². The maximum atomic E-state index is 12.6. The van der Waals surface area contributed by atoms with E-state index in [1.165, 1.54) is 15.6 Å². The van der Waals surface area contributed by atoms with Crippen LogP contribution in [0.2, 0.25) is 0 Å². The van der Waals surface area contributed by atoms with Crippen LogP contribution in [0, 0.1) is 0 Å². The normalized spacial score (nSPS) is 12.2. The summed E-state index contributed by atoms with van der Waals surface area (Å²) in [6.07, 6.45) is 1.10. The van der Waals surface area contributed by atoms with Crippen LogP contribution in [-0.2, 0) is 21.2 Å². The Bertz CT molecular complexity index is 548. The summed E-state index contributed by atoms with van der Waals surface area (Å²) in [4.78, 5) is 11.6. The molecular weight excluding hydrogens is 298 g/mol. The molecule has 1 N–H and O–H groups in total. The third-order valence-corrected chi connectivity index (χ3v) is 6.67. The van der Waals surface area contributed by atoms with Crippen LogP contribution < -0.4 is 0 Å². The van der Waals surface area contributed by atoms with Crippen molar-refractivity contribution in [2.24, 2.45) is 0 Å². The fourth-order valence-corrected chi connectivity index (χ4v) is 4.94. The molecule has 0 saturated heterocycles. The monoisotopic (exact) mass is 319 g/mol. The van der Waals surface area contributed by atoms with E-state index in [0.717, 1.165) is 11.3 Å². The lowest BCUT2D eigenvalue weighted by molar-refractivity contribution is -0.137. The molecule has 1 heterocycles. The van der Waals surface area contributed by atoms with Crippen molar-refractivity contribution in [3.8, 4) is 0 Å². The summed E-state index contributed by atoms with van der Waals surface area (Å²) < 4.78 is 26.8. The maximum absolute atomic E-state index is 12.6. The molecule has 0 amide bonds. The second kappa shape index (κ2) is 7.19. The Morgan fingerprint density at radius 1 is 1.40 bits per heavy atom. The van der Waals surface area contributed by atoms with Gasteiger partial charge in [0.2, 0.25) is 0 Å². The standard InChI is InChI=1S/C13H21NO4S2/c1-4-11-7-8-13(19-11)20(17,18)14(10(2)3)9-5-6-12(15)16/h7-8,10H,4-6,9H2,1-3H3,(H,15,16). The summed E-state index contributed by atoms with van der Waals surface area (Å²) in [5.74, 6) is -0.907. The van der Waals surface area contributed by atoms with E-state index in [4.69, 9.17) is 5.11 Å². The van der Waals surface area contributed by atoms with Gasteiger partial charge in [0.25, 0.3) is 10.0 Å². The van der Waals surface area contributed by atoms with Gasteiger partial charge >= 0.3 is 5.97 Å². The minimum Gasteiger partial charge on any atom is -0.481 e. The predicted octanol–water partition coefficient (Wildman–Crippen LogP) is 2.57. The number of carboxylic acids is 1. The highest BCUT2D eigenvalue weighted by molar-refractivity contribution is 7.91. The zero-order valence-corrected chi connectivity index (χ0v) is 13.6. The van der Waals surface area contributed by atoms with E-state index in [9.17, 15) is 13.2 Å². The van der Waals surface area contributed by atoms with Crippen LogP contribution in [0.5, 0.6) is 0 Å². The smallest absolute Gasteiger partial charge is 0.303 e. The first-order chi connectivity index (χ1) is 9.28. The summed E-state index contributed by atoms with van der Waals surface area (Å²) in [7, 11) is -3.53. The summed E-state index contributed by atoms with van der Waals surface area (Å²) in [5.41, 5.74) is 0. The molecule has 0 aromatic carbocycles. The maximum Gasteiger partial charge on any atom is 0.303 e. The third kappa shape index (κ3) is 4.29. The second-order valence-electron chi connectivity index (χ2n) is 4.78. The highest BCUT2D eigenvalue weighted by Crippen LogP contribution is 2.26. The van der Waals surface area contributed by atoms with Crippen molar-refractivity contribution < 1.29 is 18.3 Å². The van der Waals surface area contributed by atoms with Crippen molar-refractivity contribution in [2.75, 3.05) is 6.54 Å². The van der Waals surface area contributed by atoms with Gasteiger partial charge < -0.3 is 5.11 Å². The first-order valence-electron chi connectivity index (χ1n) is 6.61. The average Bonchev–Trinajstić information content (AvgIpc) is 2.82. The number of sulfonamides is 1. The lowest BCUT2D eigenvalue weighted by Gasteiger charge is -2.24. The first-order valence-corrected chi connectivity index (χ1v) is 8.87. The Hall–Kier alpha value is -0.920. The van der Waals surface area contributed by atoms with Crippen LogP contribution in [0.4, 0.5) is 0 Å². The van der Waals surface area contributed by atoms with E-state index in [-0.39, 0.29) is 19.0 Å². The molecule has 20 heavy (non-hydrogen) atoms. The summed E-state index contributed by atoms with van der Waals surface area (Å²) in [6.45, 7) is 5.81. The fraction of sp³-hybridized carbons (Fsp3) is 0.615. The van der Waals surface area contributed by atoms with E-state index in [1.807, 2.05) is 13.0 Å². The number of hydrogen-bond acceptors (Lipinski definition) is 4. The number of aryl methyl sites for hydroxylation is 1. The van der Waals surface area contributed by atoms with Gasteiger partial charge in [-0.25, -0.2) is 8.42 Å². The van der Waals surface area contributed by atoms with Gasteiger partial charge in [-0.2, -0.15) is 4.31 Å². The van der Waals surface area contributed by atoms with E-state index in [0.29, 0.717) is 10.6 Å². The highest BCUT2D eigenvalue weighted by Gasteiger charge is 2.28. The molecule has 0 atom stereocenters. The van der Waals surface area contributed by atoms with Gasteiger partial charge in [-0.15, -0.1) is 11.3 Å². The van der Waals surface area contributed by atoms with Gasteiger partial charge in [0.1, 0.15) is 4.21 Å². The molecule has 0 unspecified atom stereocenters. The molecule has 1 rings (SSSR count). The number of thiophene rings is 1. The number of aliphatic carboxylic acids is 1. The van der Waals surface area contributed by atoms with Crippen LogP contribution in [0.25, 0.3) is 0 Å². The van der Waals surface area contributed by atoms with E-state index in [2.05, 4.69) is 0 Å². The van der Waals surface area contributed by atoms with Crippen molar-refractivity contribution in [3.63, 3.8) is 0 Å². The molecule has 0 bridgehead atoms. The second-order valence-corrected chi connectivity index (χ2v) is 8.07. The fourth-order valence-electron chi connectivity index (χ4n) is 1.84. The van der Waals surface area contributed by atoms with E-state index in [1.54, 1.807) is 19.9 Å². The van der Waals surface area contributed by atoms with Crippen LogP contribution in [-0.4, -0.2) is 36.4 Å². The van der Waals surface area contributed by atoms with Crippen molar-refractivity contribution in [3.05, 3.63) is 17.0 Å². The van der Waals surface area contributed by atoms with Crippen molar-refractivity contribution >= 4 is 27.3 Å². The molecule has 0 spiro atoms. The quantitative estimate of drug-likeness (QED) is 0.799. The Morgan fingerprint density at radius 2 is 2.05 bits per heavy atom. The topological polar surface area (TPSA) is 74.7 Å². The zero-order chi connectivity index (χ0) is 15.3. The predicted molar refractivity (Wildman–Crippen MR) is 79.6 cm³/mol. The number of nitrogens with zero attached hydrogens (tertiary/aromatic N) is 1. The van der Waals surface area contributed by atoms with Gasteiger partial charge in [-0.3, -0.25) is 4.79 Å². The lowest BCUT2D eigenvalue weighted by Crippen LogP contribution is -2.37. The summed E-state index contributed by atoms with van der Waals surface area (Å²) in [5, 5.41) is 8.65. The van der Waals surface area contributed by atoms with Gasteiger partial charge in [0.05, 0.1) is 0 Å². The minimum atomic E-state index is -3.53. The third-order valence-electron chi connectivity index (χ3n) is 2.89. The molecule has 0 aliphatic rings. The largest absolute Gasteiger partial charge is 0.481 e.